The zero-order chi connectivity index (χ0) is 15.2. The SMILES string of the molecule is Cc1noc(CNc2ccccc2C(=O)NCC(C)C)n1. The van der Waals surface area contributed by atoms with Crippen molar-refractivity contribution in [2.24, 2.45) is 5.92 Å². The van der Waals surface area contributed by atoms with Gasteiger partial charge in [-0.1, -0.05) is 31.1 Å². The summed E-state index contributed by atoms with van der Waals surface area (Å²) in [5, 5.41) is 9.79. The van der Waals surface area contributed by atoms with Crippen LogP contribution in [0, 0.1) is 12.8 Å². The molecule has 1 heterocycles. The van der Waals surface area contributed by atoms with Crippen molar-refractivity contribution in [1.82, 2.24) is 15.5 Å². The molecule has 1 aromatic heterocycles. The summed E-state index contributed by atoms with van der Waals surface area (Å²) >= 11 is 0. The Morgan fingerprint density at radius 2 is 2.10 bits per heavy atom. The van der Waals surface area contributed by atoms with E-state index in [0.717, 1.165) is 5.69 Å². The Bertz CT molecular complexity index is 607. The maximum absolute atomic E-state index is 12.2. The van der Waals surface area contributed by atoms with E-state index in [1.54, 1.807) is 13.0 Å². The van der Waals surface area contributed by atoms with Gasteiger partial charge in [-0.3, -0.25) is 4.79 Å². The summed E-state index contributed by atoms with van der Waals surface area (Å²) in [6.45, 7) is 6.91. The van der Waals surface area contributed by atoms with E-state index in [4.69, 9.17) is 4.52 Å². The third-order valence-corrected chi connectivity index (χ3v) is 2.84. The molecule has 0 aliphatic heterocycles. The van der Waals surface area contributed by atoms with Crippen LogP contribution in [0.15, 0.2) is 28.8 Å². The number of aromatic nitrogens is 2. The minimum absolute atomic E-state index is 0.0893. The smallest absolute Gasteiger partial charge is 0.253 e. The summed E-state index contributed by atoms with van der Waals surface area (Å²) in [6, 6.07) is 7.36. The zero-order valence-electron chi connectivity index (χ0n) is 12.5. The van der Waals surface area contributed by atoms with Crippen LogP contribution in [0.3, 0.4) is 0 Å². The van der Waals surface area contributed by atoms with Crippen LogP contribution < -0.4 is 10.6 Å². The third-order valence-electron chi connectivity index (χ3n) is 2.84. The molecule has 2 N–H and O–H groups in total. The molecule has 2 rings (SSSR count). The number of rotatable bonds is 6. The summed E-state index contributed by atoms with van der Waals surface area (Å²) in [4.78, 5) is 16.3. The first-order valence-electron chi connectivity index (χ1n) is 6.96. The minimum atomic E-state index is -0.0893. The number of anilines is 1. The van der Waals surface area contributed by atoms with Gasteiger partial charge < -0.3 is 15.2 Å². The quantitative estimate of drug-likeness (QED) is 0.853. The highest BCUT2D eigenvalue weighted by Gasteiger charge is 2.11. The molecule has 1 aromatic carbocycles. The molecule has 6 heteroatoms. The molecular formula is C15H20N4O2. The lowest BCUT2D eigenvalue weighted by molar-refractivity contribution is 0.0950. The van der Waals surface area contributed by atoms with E-state index in [-0.39, 0.29) is 5.91 Å². The second kappa shape index (κ2) is 6.88. The molecule has 0 aliphatic rings. The summed E-state index contributed by atoms with van der Waals surface area (Å²) in [5.41, 5.74) is 1.35. The van der Waals surface area contributed by atoms with Crippen LogP contribution in [0.4, 0.5) is 5.69 Å². The molecule has 0 radical (unpaired) electrons. The average Bonchev–Trinajstić information content (AvgIpc) is 2.88. The van der Waals surface area contributed by atoms with Gasteiger partial charge in [-0.25, -0.2) is 0 Å². The van der Waals surface area contributed by atoms with Crippen LogP contribution >= 0.6 is 0 Å². The molecule has 0 fully saturated rings. The largest absolute Gasteiger partial charge is 0.375 e. The number of hydrogen-bond donors (Lipinski definition) is 2. The van der Waals surface area contributed by atoms with Crippen molar-refractivity contribution in [3.8, 4) is 0 Å². The van der Waals surface area contributed by atoms with E-state index < -0.39 is 0 Å². The van der Waals surface area contributed by atoms with E-state index in [1.165, 1.54) is 0 Å². The molecule has 0 atom stereocenters. The van der Waals surface area contributed by atoms with Gasteiger partial charge in [0.25, 0.3) is 5.91 Å². The number of hydrogen-bond acceptors (Lipinski definition) is 5. The van der Waals surface area contributed by atoms with Crippen molar-refractivity contribution in [2.75, 3.05) is 11.9 Å². The monoisotopic (exact) mass is 288 g/mol. The first-order chi connectivity index (χ1) is 10.1. The molecule has 0 unspecified atom stereocenters. The Morgan fingerprint density at radius 3 is 2.76 bits per heavy atom. The normalized spacial score (nSPS) is 10.7. The molecule has 112 valence electrons. The Hall–Kier alpha value is -2.37. The summed E-state index contributed by atoms with van der Waals surface area (Å²) < 4.78 is 5.04. The van der Waals surface area contributed by atoms with Crippen LogP contribution in [-0.4, -0.2) is 22.6 Å². The molecule has 0 spiro atoms. The highest BCUT2D eigenvalue weighted by molar-refractivity contribution is 5.99. The number of carbonyl (C=O) groups excluding carboxylic acids is 1. The van der Waals surface area contributed by atoms with Gasteiger partial charge in [0.15, 0.2) is 5.82 Å². The lowest BCUT2D eigenvalue weighted by Gasteiger charge is -2.12. The van der Waals surface area contributed by atoms with Crippen molar-refractivity contribution >= 4 is 11.6 Å². The third kappa shape index (κ3) is 4.30. The second-order valence-corrected chi connectivity index (χ2v) is 5.24. The maximum atomic E-state index is 12.2. The van der Waals surface area contributed by atoms with Gasteiger partial charge in [0.05, 0.1) is 12.1 Å². The van der Waals surface area contributed by atoms with Crippen LogP contribution in [0.25, 0.3) is 0 Å². The zero-order valence-corrected chi connectivity index (χ0v) is 12.5. The number of nitrogens with one attached hydrogen (secondary N) is 2. The van der Waals surface area contributed by atoms with E-state index in [1.807, 2.05) is 18.2 Å². The molecule has 1 amide bonds. The Morgan fingerprint density at radius 1 is 1.33 bits per heavy atom. The van der Waals surface area contributed by atoms with E-state index in [0.29, 0.717) is 36.3 Å². The first-order valence-corrected chi connectivity index (χ1v) is 6.96. The van der Waals surface area contributed by atoms with Gasteiger partial charge in [0.1, 0.15) is 0 Å². The molecule has 0 saturated carbocycles. The molecule has 6 nitrogen and oxygen atoms in total. The number of para-hydroxylation sites is 1. The molecule has 21 heavy (non-hydrogen) atoms. The van der Waals surface area contributed by atoms with Crippen molar-refractivity contribution in [3.63, 3.8) is 0 Å². The Balaban J connectivity index is 2.04. The molecule has 0 aliphatic carbocycles. The maximum Gasteiger partial charge on any atom is 0.253 e. The van der Waals surface area contributed by atoms with Crippen LogP contribution in [0.1, 0.15) is 35.9 Å². The standard InChI is InChI=1S/C15H20N4O2/c1-10(2)8-17-15(20)12-6-4-5-7-13(12)16-9-14-18-11(3)19-21-14/h4-7,10,16H,8-9H2,1-3H3,(H,17,20). The molecule has 0 saturated heterocycles. The van der Waals surface area contributed by atoms with Crippen molar-refractivity contribution in [2.45, 2.75) is 27.3 Å². The lowest BCUT2D eigenvalue weighted by Crippen LogP contribution is -2.28. The number of carbonyl (C=O) groups is 1. The van der Waals surface area contributed by atoms with Gasteiger partial charge in [0.2, 0.25) is 5.89 Å². The highest BCUT2D eigenvalue weighted by atomic mass is 16.5. The van der Waals surface area contributed by atoms with Crippen molar-refractivity contribution < 1.29 is 9.32 Å². The lowest BCUT2D eigenvalue weighted by atomic mass is 10.1. The van der Waals surface area contributed by atoms with E-state index >= 15 is 0 Å². The molecule has 2 aromatic rings. The Labute approximate surface area is 123 Å². The van der Waals surface area contributed by atoms with Gasteiger partial charge >= 0.3 is 0 Å². The first kappa shape index (κ1) is 15.0. The van der Waals surface area contributed by atoms with Crippen molar-refractivity contribution in [3.05, 3.63) is 41.5 Å². The topological polar surface area (TPSA) is 80.0 Å². The van der Waals surface area contributed by atoms with Crippen LogP contribution in [0.2, 0.25) is 0 Å². The molecular weight excluding hydrogens is 268 g/mol. The van der Waals surface area contributed by atoms with Crippen molar-refractivity contribution in [1.29, 1.82) is 0 Å². The van der Waals surface area contributed by atoms with Crippen LogP contribution in [-0.2, 0) is 6.54 Å². The predicted molar refractivity (Wildman–Crippen MR) is 80.0 cm³/mol. The number of amides is 1. The summed E-state index contributed by atoms with van der Waals surface area (Å²) in [5.74, 6) is 1.41. The molecule has 0 bridgehead atoms. The van der Waals surface area contributed by atoms with Gasteiger partial charge in [-0.05, 0) is 25.0 Å². The van der Waals surface area contributed by atoms with Crippen LogP contribution in [0.5, 0.6) is 0 Å². The van der Waals surface area contributed by atoms with Gasteiger partial charge in [-0.2, -0.15) is 4.98 Å². The number of benzene rings is 1. The minimum Gasteiger partial charge on any atom is -0.375 e. The fourth-order valence-corrected chi connectivity index (χ4v) is 1.81. The Kier molecular flexibility index (Phi) is 4.92. The summed E-state index contributed by atoms with van der Waals surface area (Å²) in [7, 11) is 0. The highest BCUT2D eigenvalue weighted by Crippen LogP contribution is 2.16. The number of aryl methyl sites for hydroxylation is 1. The predicted octanol–water partition coefficient (Wildman–Crippen LogP) is 2.38. The fraction of sp³-hybridized carbons (Fsp3) is 0.400. The van der Waals surface area contributed by atoms with Gasteiger partial charge in [0, 0.05) is 12.2 Å². The number of nitrogens with zero attached hydrogens (tertiary/aromatic N) is 2. The second-order valence-electron chi connectivity index (χ2n) is 5.24. The van der Waals surface area contributed by atoms with E-state index in [2.05, 4.69) is 34.6 Å². The summed E-state index contributed by atoms with van der Waals surface area (Å²) in [6.07, 6.45) is 0. The average molecular weight is 288 g/mol. The fourth-order valence-electron chi connectivity index (χ4n) is 1.81. The van der Waals surface area contributed by atoms with Gasteiger partial charge in [-0.15, -0.1) is 0 Å². The van der Waals surface area contributed by atoms with E-state index in [9.17, 15) is 4.79 Å².